The first-order valence-corrected chi connectivity index (χ1v) is 7.70. The summed E-state index contributed by atoms with van der Waals surface area (Å²) in [7, 11) is 0. The van der Waals surface area contributed by atoms with E-state index in [-0.39, 0.29) is 11.9 Å². The first-order chi connectivity index (χ1) is 10.1. The van der Waals surface area contributed by atoms with Gasteiger partial charge in [0.15, 0.2) is 0 Å². The second kappa shape index (κ2) is 5.51. The molecule has 1 amide bonds. The van der Waals surface area contributed by atoms with Crippen LogP contribution in [0.3, 0.4) is 0 Å². The molecule has 112 valence electrons. The highest BCUT2D eigenvalue weighted by atomic mass is 16.4. The average Bonchev–Trinajstić information content (AvgIpc) is 2.86. The first kappa shape index (κ1) is 14.1. The van der Waals surface area contributed by atoms with Crippen LogP contribution in [0.15, 0.2) is 24.3 Å². The maximum absolute atomic E-state index is 12.8. The van der Waals surface area contributed by atoms with E-state index < -0.39 is 12.0 Å². The minimum atomic E-state index is -0.870. The predicted molar refractivity (Wildman–Crippen MR) is 79.1 cm³/mol. The minimum Gasteiger partial charge on any atom is -0.480 e. The minimum absolute atomic E-state index is 0.105. The smallest absolute Gasteiger partial charge is 0.326 e. The predicted octanol–water partition coefficient (Wildman–Crippen LogP) is 2.85. The van der Waals surface area contributed by atoms with Crippen LogP contribution in [0.25, 0.3) is 0 Å². The Balaban J connectivity index is 1.92. The van der Waals surface area contributed by atoms with Gasteiger partial charge in [0.25, 0.3) is 5.91 Å². The van der Waals surface area contributed by atoms with E-state index in [0.717, 1.165) is 31.2 Å². The van der Waals surface area contributed by atoms with Gasteiger partial charge in [-0.3, -0.25) is 4.79 Å². The molecule has 2 fully saturated rings. The van der Waals surface area contributed by atoms with E-state index >= 15 is 0 Å². The number of likely N-dealkylation sites (tertiary alicyclic amines) is 1. The molecule has 4 heteroatoms. The Kier molecular flexibility index (Phi) is 3.70. The van der Waals surface area contributed by atoms with Crippen molar-refractivity contribution in [1.82, 2.24) is 4.90 Å². The zero-order chi connectivity index (χ0) is 15.0. The van der Waals surface area contributed by atoms with Gasteiger partial charge in [0.2, 0.25) is 0 Å². The summed E-state index contributed by atoms with van der Waals surface area (Å²) in [5, 5.41) is 9.49. The number of nitrogens with zero attached hydrogens (tertiary/aromatic N) is 1. The van der Waals surface area contributed by atoms with E-state index in [0.29, 0.717) is 17.9 Å². The fourth-order valence-electron chi connectivity index (χ4n) is 3.90. The Morgan fingerprint density at radius 1 is 1.24 bits per heavy atom. The van der Waals surface area contributed by atoms with Gasteiger partial charge in [-0.1, -0.05) is 30.5 Å². The number of rotatable bonds is 2. The van der Waals surface area contributed by atoms with Crippen molar-refractivity contribution in [1.29, 1.82) is 0 Å². The van der Waals surface area contributed by atoms with E-state index in [2.05, 4.69) is 0 Å². The number of carboxylic acid groups (broad SMARTS) is 1. The third-order valence-corrected chi connectivity index (χ3v) is 4.87. The number of aryl methyl sites for hydroxylation is 1. The molecule has 21 heavy (non-hydrogen) atoms. The maximum atomic E-state index is 12.8. The molecule has 0 aromatic heterocycles. The van der Waals surface area contributed by atoms with Crippen molar-refractivity contribution < 1.29 is 14.7 Å². The molecular weight excluding hydrogens is 266 g/mol. The highest BCUT2D eigenvalue weighted by Gasteiger charge is 2.47. The van der Waals surface area contributed by atoms with Crippen LogP contribution >= 0.6 is 0 Å². The third kappa shape index (κ3) is 2.55. The van der Waals surface area contributed by atoms with E-state index in [9.17, 15) is 14.7 Å². The van der Waals surface area contributed by atoms with Gasteiger partial charge in [0.05, 0.1) is 0 Å². The monoisotopic (exact) mass is 287 g/mol. The summed E-state index contributed by atoms with van der Waals surface area (Å²) in [5.41, 5.74) is 1.62. The van der Waals surface area contributed by atoms with Crippen molar-refractivity contribution in [2.45, 2.75) is 51.1 Å². The highest BCUT2D eigenvalue weighted by Crippen LogP contribution is 2.40. The van der Waals surface area contributed by atoms with Gasteiger partial charge >= 0.3 is 5.97 Å². The molecule has 0 bridgehead atoms. The van der Waals surface area contributed by atoms with Crippen LogP contribution in [0.1, 0.15) is 48.0 Å². The zero-order valence-corrected chi connectivity index (χ0v) is 12.3. The Morgan fingerprint density at radius 2 is 2.00 bits per heavy atom. The van der Waals surface area contributed by atoms with E-state index in [1.807, 2.05) is 25.1 Å². The Morgan fingerprint density at radius 3 is 2.71 bits per heavy atom. The Labute approximate surface area is 124 Å². The van der Waals surface area contributed by atoms with Crippen LogP contribution in [0.4, 0.5) is 0 Å². The van der Waals surface area contributed by atoms with Gasteiger partial charge < -0.3 is 10.0 Å². The molecule has 0 spiro atoms. The topological polar surface area (TPSA) is 57.6 Å². The number of fused-ring (bicyclic) bond motifs is 1. The molecule has 0 unspecified atom stereocenters. The second-order valence-electron chi connectivity index (χ2n) is 6.28. The molecule has 4 nitrogen and oxygen atoms in total. The normalized spacial score (nSPS) is 28.2. The number of carboxylic acids is 1. The van der Waals surface area contributed by atoms with Crippen LogP contribution < -0.4 is 0 Å². The Bertz CT molecular complexity index is 569. The van der Waals surface area contributed by atoms with Gasteiger partial charge in [-0.15, -0.1) is 0 Å². The van der Waals surface area contributed by atoms with Gasteiger partial charge in [0.1, 0.15) is 6.04 Å². The number of hydrogen-bond donors (Lipinski definition) is 1. The SMILES string of the molecule is Cc1cccc(C(=O)N2[C@@H](C(=O)O)C[C@@H]3CCCC[C@H]32)c1. The lowest BCUT2D eigenvalue weighted by Crippen LogP contribution is -2.46. The van der Waals surface area contributed by atoms with Crippen molar-refractivity contribution in [3.63, 3.8) is 0 Å². The third-order valence-electron chi connectivity index (χ3n) is 4.87. The molecule has 3 rings (SSSR count). The van der Waals surface area contributed by atoms with Gasteiger partial charge in [-0.05, 0) is 44.2 Å². The number of carbonyl (C=O) groups is 2. The average molecular weight is 287 g/mol. The van der Waals surface area contributed by atoms with E-state index in [1.165, 1.54) is 0 Å². The molecule has 1 N–H and O–H groups in total. The van der Waals surface area contributed by atoms with Crippen molar-refractivity contribution in [2.24, 2.45) is 5.92 Å². The lowest BCUT2D eigenvalue weighted by Gasteiger charge is -2.33. The quantitative estimate of drug-likeness (QED) is 0.910. The summed E-state index contributed by atoms with van der Waals surface area (Å²) in [5.74, 6) is -0.639. The largest absolute Gasteiger partial charge is 0.480 e. The van der Waals surface area contributed by atoms with Crippen LogP contribution in [0, 0.1) is 12.8 Å². The summed E-state index contributed by atoms with van der Waals surface area (Å²) >= 11 is 0. The van der Waals surface area contributed by atoms with E-state index in [1.54, 1.807) is 11.0 Å². The van der Waals surface area contributed by atoms with Gasteiger partial charge in [-0.25, -0.2) is 4.79 Å². The molecule has 0 radical (unpaired) electrons. The highest BCUT2D eigenvalue weighted by molar-refractivity contribution is 5.97. The Hall–Kier alpha value is -1.84. The molecule has 3 atom stereocenters. The van der Waals surface area contributed by atoms with Crippen molar-refractivity contribution in [3.05, 3.63) is 35.4 Å². The fourth-order valence-corrected chi connectivity index (χ4v) is 3.90. The summed E-state index contributed by atoms with van der Waals surface area (Å²) in [6.45, 7) is 1.94. The standard InChI is InChI=1S/C17H21NO3/c1-11-5-4-7-13(9-11)16(19)18-14-8-3-2-6-12(14)10-15(18)17(20)21/h4-5,7,9,12,14-15H,2-3,6,8,10H2,1H3,(H,20,21)/t12-,14+,15+/m0/s1. The van der Waals surface area contributed by atoms with Crippen LogP contribution in [-0.2, 0) is 4.79 Å². The van der Waals surface area contributed by atoms with Crippen LogP contribution in [0.5, 0.6) is 0 Å². The molecule has 1 aliphatic heterocycles. The fraction of sp³-hybridized carbons (Fsp3) is 0.529. The van der Waals surface area contributed by atoms with Gasteiger partial charge in [0, 0.05) is 11.6 Å². The molecule has 1 aromatic carbocycles. The molecule has 1 saturated heterocycles. The molecule has 1 heterocycles. The maximum Gasteiger partial charge on any atom is 0.326 e. The van der Waals surface area contributed by atoms with Crippen LogP contribution in [-0.4, -0.2) is 34.0 Å². The van der Waals surface area contributed by atoms with Crippen LogP contribution in [0.2, 0.25) is 0 Å². The summed E-state index contributed by atoms with van der Waals surface area (Å²) in [6, 6.07) is 6.87. The zero-order valence-electron chi connectivity index (χ0n) is 12.3. The second-order valence-corrected chi connectivity index (χ2v) is 6.28. The van der Waals surface area contributed by atoms with Gasteiger partial charge in [-0.2, -0.15) is 0 Å². The van der Waals surface area contributed by atoms with E-state index in [4.69, 9.17) is 0 Å². The lowest BCUT2D eigenvalue weighted by atomic mass is 9.84. The molecule has 1 aliphatic carbocycles. The van der Waals surface area contributed by atoms with Crippen molar-refractivity contribution >= 4 is 11.9 Å². The first-order valence-electron chi connectivity index (χ1n) is 7.70. The number of benzene rings is 1. The molecule has 1 saturated carbocycles. The number of hydrogen-bond acceptors (Lipinski definition) is 2. The lowest BCUT2D eigenvalue weighted by molar-refractivity contribution is -0.141. The summed E-state index contributed by atoms with van der Waals surface area (Å²) < 4.78 is 0. The molecule has 1 aromatic rings. The van der Waals surface area contributed by atoms with Crippen molar-refractivity contribution in [3.8, 4) is 0 Å². The summed E-state index contributed by atoms with van der Waals surface area (Å²) in [6.07, 6.45) is 4.83. The number of amides is 1. The summed E-state index contributed by atoms with van der Waals surface area (Å²) in [4.78, 5) is 26.0. The molecular formula is C17H21NO3. The number of aliphatic carboxylic acids is 1. The number of carbonyl (C=O) groups excluding carboxylic acids is 1. The van der Waals surface area contributed by atoms with Crippen molar-refractivity contribution in [2.75, 3.05) is 0 Å². The molecule has 2 aliphatic rings.